The summed E-state index contributed by atoms with van der Waals surface area (Å²) in [5.74, 6) is -0.341. The third kappa shape index (κ3) is 7.37. The SMILES string of the molecule is COc1ccc(/C=C/C(=O)OCC(=O)NC(=O)NCc2ccccc2)c(OC)c1. The Morgan fingerprint density at radius 3 is 2.45 bits per heavy atom. The number of nitrogens with one attached hydrogen (secondary N) is 2. The van der Waals surface area contributed by atoms with E-state index in [9.17, 15) is 14.4 Å². The van der Waals surface area contributed by atoms with E-state index in [4.69, 9.17) is 14.2 Å². The molecule has 0 spiro atoms. The summed E-state index contributed by atoms with van der Waals surface area (Å²) in [5, 5.41) is 4.62. The zero-order valence-electron chi connectivity index (χ0n) is 16.1. The van der Waals surface area contributed by atoms with E-state index >= 15 is 0 Å². The molecule has 0 bridgehead atoms. The Hall–Kier alpha value is -3.81. The van der Waals surface area contributed by atoms with E-state index in [1.165, 1.54) is 20.3 Å². The molecule has 2 rings (SSSR count). The average Bonchev–Trinajstić information content (AvgIpc) is 2.75. The predicted octanol–water partition coefficient (Wildman–Crippen LogP) is 2.29. The molecule has 0 aliphatic rings. The van der Waals surface area contributed by atoms with E-state index in [0.29, 0.717) is 17.1 Å². The van der Waals surface area contributed by atoms with E-state index in [1.54, 1.807) is 18.2 Å². The largest absolute Gasteiger partial charge is 0.497 e. The Labute approximate surface area is 168 Å². The van der Waals surface area contributed by atoms with Gasteiger partial charge in [-0.05, 0) is 23.8 Å². The highest BCUT2D eigenvalue weighted by Crippen LogP contribution is 2.25. The van der Waals surface area contributed by atoms with Gasteiger partial charge < -0.3 is 19.5 Å². The molecule has 2 aromatic carbocycles. The number of carbonyl (C=O) groups excluding carboxylic acids is 3. The summed E-state index contributed by atoms with van der Waals surface area (Å²) in [4.78, 5) is 35.2. The molecule has 0 unspecified atom stereocenters. The van der Waals surface area contributed by atoms with Crippen molar-refractivity contribution in [3.63, 3.8) is 0 Å². The topological polar surface area (TPSA) is 103 Å². The van der Waals surface area contributed by atoms with Crippen molar-refractivity contribution >= 4 is 24.0 Å². The Kier molecular flexibility index (Phi) is 8.25. The summed E-state index contributed by atoms with van der Waals surface area (Å²) in [6.45, 7) is -0.312. The van der Waals surface area contributed by atoms with Gasteiger partial charge in [-0.3, -0.25) is 10.1 Å². The molecule has 0 radical (unpaired) electrons. The van der Waals surface area contributed by atoms with Crippen LogP contribution in [0.1, 0.15) is 11.1 Å². The van der Waals surface area contributed by atoms with Crippen molar-refractivity contribution in [2.45, 2.75) is 6.54 Å². The number of methoxy groups -OCH3 is 2. The highest BCUT2D eigenvalue weighted by atomic mass is 16.5. The van der Waals surface area contributed by atoms with Crippen LogP contribution in [0.3, 0.4) is 0 Å². The smallest absolute Gasteiger partial charge is 0.331 e. The minimum atomic E-state index is -0.737. The molecule has 0 aliphatic heterocycles. The van der Waals surface area contributed by atoms with Crippen LogP contribution in [-0.4, -0.2) is 38.7 Å². The Balaban J connectivity index is 1.76. The summed E-state index contributed by atoms with van der Waals surface area (Å²) in [6, 6.07) is 13.7. The molecule has 8 nitrogen and oxygen atoms in total. The quantitative estimate of drug-likeness (QED) is 0.522. The maximum Gasteiger partial charge on any atom is 0.331 e. The van der Waals surface area contributed by atoms with Gasteiger partial charge in [-0.15, -0.1) is 0 Å². The number of benzene rings is 2. The lowest BCUT2D eigenvalue weighted by Gasteiger charge is -2.08. The van der Waals surface area contributed by atoms with Crippen molar-refractivity contribution in [3.05, 3.63) is 65.7 Å². The van der Waals surface area contributed by atoms with Gasteiger partial charge in [0.05, 0.1) is 14.2 Å². The lowest BCUT2D eigenvalue weighted by Crippen LogP contribution is -2.41. The zero-order valence-corrected chi connectivity index (χ0v) is 16.1. The minimum absolute atomic E-state index is 0.270. The predicted molar refractivity (Wildman–Crippen MR) is 106 cm³/mol. The normalized spacial score (nSPS) is 10.3. The van der Waals surface area contributed by atoms with Gasteiger partial charge in [-0.25, -0.2) is 9.59 Å². The molecule has 0 aromatic heterocycles. The van der Waals surface area contributed by atoms with Crippen LogP contribution in [0, 0.1) is 0 Å². The minimum Gasteiger partial charge on any atom is -0.497 e. The molecule has 0 heterocycles. The number of amides is 3. The van der Waals surface area contributed by atoms with Crippen LogP contribution in [0.15, 0.2) is 54.6 Å². The average molecular weight is 398 g/mol. The Bertz CT molecular complexity index is 880. The molecular formula is C21H22N2O6. The van der Waals surface area contributed by atoms with Crippen LogP contribution < -0.4 is 20.1 Å². The number of hydrogen-bond donors (Lipinski definition) is 2. The van der Waals surface area contributed by atoms with Gasteiger partial charge in [0, 0.05) is 24.3 Å². The number of ether oxygens (including phenoxy) is 3. The third-order valence-corrected chi connectivity index (χ3v) is 3.73. The molecule has 29 heavy (non-hydrogen) atoms. The first kappa shape index (κ1) is 21.5. The van der Waals surface area contributed by atoms with Gasteiger partial charge in [0.15, 0.2) is 6.61 Å². The van der Waals surface area contributed by atoms with Gasteiger partial charge in [-0.1, -0.05) is 30.3 Å². The van der Waals surface area contributed by atoms with Crippen LogP contribution in [-0.2, 0) is 20.9 Å². The lowest BCUT2D eigenvalue weighted by atomic mass is 10.2. The van der Waals surface area contributed by atoms with E-state index in [-0.39, 0.29) is 6.54 Å². The molecule has 2 aromatic rings. The second-order valence-electron chi connectivity index (χ2n) is 5.77. The van der Waals surface area contributed by atoms with Crippen LogP contribution in [0.25, 0.3) is 6.08 Å². The molecule has 0 saturated carbocycles. The second-order valence-corrected chi connectivity index (χ2v) is 5.77. The summed E-state index contributed by atoms with van der Waals surface area (Å²) in [5.41, 5.74) is 1.52. The zero-order chi connectivity index (χ0) is 21.1. The molecule has 0 aliphatic carbocycles. The number of urea groups is 1. The molecular weight excluding hydrogens is 376 g/mol. The van der Waals surface area contributed by atoms with Crippen molar-refractivity contribution in [3.8, 4) is 11.5 Å². The van der Waals surface area contributed by atoms with Crippen LogP contribution in [0.5, 0.6) is 11.5 Å². The Morgan fingerprint density at radius 1 is 1.00 bits per heavy atom. The van der Waals surface area contributed by atoms with Gasteiger partial charge in [-0.2, -0.15) is 0 Å². The van der Waals surface area contributed by atoms with E-state index in [0.717, 1.165) is 11.6 Å². The molecule has 8 heteroatoms. The molecule has 3 amide bonds. The molecule has 0 saturated heterocycles. The fourth-order valence-corrected chi connectivity index (χ4v) is 2.28. The fraction of sp³-hybridized carbons (Fsp3) is 0.190. The van der Waals surface area contributed by atoms with E-state index < -0.39 is 24.5 Å². The van der Waals surface area contributed by atoms with Gasteiger partial charge in [0.1, 0.15) is 11.5 Å². The maximum absolute atomic E-state index is 11.8. The highest BCUT2D eigenvalue weighted by molar-refractivity contribution is 5.96. The molecule has 0 atom stereocenters. The third-order valence-electron chi connectivity index (χ3n) is 3.73. The maximum atomic E-state index is 11.8. The summed E-state index contributed by atoms with van der Waals surface area (Å²) in [7, 11) is 3.03. The standard InChI is InChI=1S/C21H22N2O6/c1-27-17-10-8-16(18(12-17)28-2)9-11-20(25)29-14-19(24)23-21(26)22-13-15-6-4-3-5-7-15/h3-12H,13-14H2,1-2H3,(H2,22,23,24,26)/b11-9+. The van der Waals surface area contributed by atoms with Gasteiger partial charge in [0.2, 0.25) is 0 Å². The lowest BCUT2D eigenvalue weighted by molar-refractivity contribution is -0.143. The van der Waals surface area contributed by atoms with Crippen molar-refractivity contribution in [1.29, 1.82) is 0 Å². The first-order chi connectivity index (χ1) is 14.0. The number of imide groups is 1. The first-order valence-electron chi connectivity index (χ1n) is 8.70. The van der Waals surface area contributed by atoms with Crippen molar-refractivity contribution in [1.82, 2.24) is 10.6 Å². The molecule has 0 fully saturated rings. The van der Waals surface area contributed by atoms with Crippen LogP contribution in [0.4, 0.5) is 4.79 Å². The summed E-state index contributed by atoms with van der Waals surface area (Å²) >= 11 is 0. The summed E-state index contributed by atoms with van der Waals surface area (Å²) < 4.78 is 15.2. The number of carbonyl (C=O) groups is 3. The summed E-state index contributed by atoms with van der Waals surface area (Å²) in [6.07, 6.45) is 2.65. The fourth-order valence-electron chi connectivity index (χ4n) is 2.28. The number of rotatable bonds is 8. The van der Waals surface area contributed by atoms with Crippen LogP contribution >= 0.6 is 0 Å². The second kappa shape index (κ2) is 11.1. The van der Waals surface area contributed by atoms with E-state index in [1.807, 2.05) is 30.3 Å². The first-order valence-corrected chi connectivity index (χ1v) is 8.70. The van der Waals surface area contributed by atoms with Crippen molar-refractivity contribution in [2.24, 2.45) is 0 Å². The van der Waals surface area contributed by atoms with Crippen LogP contribution in [0.2, 0.25) is 0 Å². The highest BCUT2D eigenvalue weighted by Gasteiger charge is 2.10. The molecule has 2 N–H and O–H groups in total. The molecule has 152 valence electrons. The number of hydrogen-bond acceptors (Lipinski definition) is 6. The van der Waals surface area contributed by atoms with Crippen molar-refractivity contribution < 1.29 is 28.6 Å². The van der Waals surface area contributed by atoms with Gasteiger partial charge in [0.25, 0.3) is 5.91 Å². The van der Waals surface area contributed by atoms with Crippen molar-refractivity contribution in [2.75, 3.05) is 20.8 Å². The Morgan fingerprint density at radius 2 is 1.76 bits per heavy atom. The monoisotopic (exact) mass is 398 g/mol. The van der Waals surface area contributed by atoms with Gasteiger partial charge >= 0.3 is 12.0 Å². The van der Waals surface area contributed by atoms with E-state index in [2.05, 4.69) is 10.6 Å². The number of esters is 1.